The number of primary amides is 1. The molecule has 1 aromatic carbocycles. The van der Waals surface area contributed by atoms with Gasteiger partial charge in [-0.3, -0.25) is 4.79 Å². The maximum Gasteiger partial charge on any atom is 0.314 e. The molecule has 2 rings (SSSR count). The first-order chi connectivity index (χ1) is 10.6. The standard InChI is InChI=1S/C16H23N3O3/c17-16(22)19-10-2-4-13(11-19)15(21)18-9-1-3-12-5-7-14(20)8-6-12/h5-8,13,20H,1-4,9-11H2,(H2,17,22)(H,18,21). The quantitative estimate of drug-likeness (QED) is 0.714. The minimum Gasteiger partial charge on any atom is -0.508 e. The second-order valence-electron chi connectivity index (χ2n) is 5.68. The topological polar surface area (TPSA) is 95.7 Å². The zero-order valence-electron chi connectivity index (χ0n) is 12.6. The fourth-order valence-electron chi connectivity index (χ4n) is 2.70. The molecule has 6 nitrogen and oxygen atoms in total. The molecule has 0 bridgehead atoms. The highest BCUT2D eigenvalue weighted by molar-refractivity contribution is 5.80. The molecule has 0 radical (unpaired) electrons. The van der Waals surface area contributed by atoms with E-state index in [0.29, 0.717) is 19.6 Å². The van der Waals surface area contributed by atoms with Crippen molar-refractivity contribution in [3.05, 3.63) is 29.8 Å². The van der Waals surface area contributed by atoms with Crippen LogP contribution in [0.1, 0.15) is 24.8 Å². The molecule has 1 unspecified atom stereocenters. The fourth-order valence-corrected chi connectivity index (χ4v) is 2.70. The summed E-state index contributed by atoms with van der Waals surface area (Å²) in [6, 6.07) is 6.62. The fraction of sp³-hybridized carbons (Fsp3) is 0.500. The summed E-state index contributed by atoms with van der Waals surface area (Å²) < 4.78 is 0. The Morgan fingerprint density at radius 2 is 2.05 bits per heavy atom. The Bertz CT molecular complexity index is 516. The first kappa shape index (κ1) is 16.1. The Kier molecular flexibility index (Phi) is 5.63. The molecule has 0 aliphatic carbocycles. The number of amides is 3. The summed E-state index contributed by atoms with van der Waals surface area (Å²) in [4.78, 5) is 24.8. The van der Waals surface area contributed by atoms with Crippen molar-refractivity contribution in [1.29, 1.82) is 0 Å². The van der Waals surface area contributed by atoms with Gasteiger partial charge in [-0.25, -0.2) is 4.79 Å². The Morgan fingerprint density at radius 3 is 2.73 bits per heavy atom. The predicted octanol–water partition coefficient (Wildman–Crippen LogP) is 1.23. The number of carbonyl (C=O) groups excluding carboxylic acids is 2. The van der Waals surface area contributed by atoms with Crippen LogP contribution in [0.3, 0.4) is 0 Å². The van der Waals surface area contributed by atoms with E-state index in [1.165, 1.54) is 4.90 Å². The van der Waals surface area contributed by atoms with Crippen molar-refractivity contribution < 1.29 is 14.7 Å². The summed E-state index contributed by atoms with van der Waals surface area (Å²) in [5.74, 6) is 0.0972. The number of hydrogen-bond acceptors (Lipinski definition) is 3. The number of hydrogen-bond donors (Lipinski definition) is 3. The number of aromatic hydroxyl groups is 1. The second-order valence-corrected chi connectivity index (χ2v) is 5.68. The molecule has 1 atom stereocenters. The molecular formula is C16H23N3O3. The third-order valence-corrected chi connectivity index (χ3v) is 3.98. The van der Waals surface area contributed by atoms with Crippen LogP contribution in [0.25, 0.3) is 0 Å². The molecule has 4 N–H and O–H groups in total. The highest BCUT2D eigenvalue weighted by Crippen LogP contribution is 2.16. The van der Waals surface area contributed by atoms with Crippen molar-refractivity contribution in [3.8, 4) is 5.75 Å². The monoisotopic (exact) mass is 305 g/mol. The summed E-state index contributed by atoms with van der Waals surface area (Å²) >= 11 is 0. The number of likely N-dealkylation sites (tertiary alicyclic amines) is 1. The van der Waals surface area contributed by atoms with Crippen LogP contribution in [0.4, 0.5) is 4.79 Å². The van der Waals surface area contributed by atoms with E-state index in [2.05, 4.69) is 5.32 Å². The summed E-state index contributed by atoms with van der Waals surface area (Å²) in [6.45, 7) is 1.66. The van der Waals surface area contributed by atoms with E-state index in [1.54, 1.807) is 12.1 Å². The molecule has 3 amide bonds. The molecule has 1 heterocycles. The average Bonchev–Trinajstić information content (AvgIpc) is 2.53. The van der Waals surface area contributed by atoms with Gasteiger partial charge in [-0.1, -0.05) is 12.1 Å². The van der Waals surface area contributed by atoms with Gasteiger partial charge in [-0.05, 0) is 43.4 Å². The van der Waals surface area contributed by atoms with Gasteiger partial charge < -0.3 is 21.1 Å². The summed E-state index contributed by atoms with van der Waals surface area (Å²) in [5.41, 5.74) is 6.39. The van der Waals surface area contributed by atoms with E-state index >= 15 is 0 Å². The highest BCUT2D eigenvalue weighted by atomic mass is 16.3. The molecule has 22 heavy (non-hydrogen) atoms. The van der Waals surface area contributed by atoms with Crippen molar-refractivity contribution in [2.24, 2.45) is 11.7 Å². The molecule has 0 spiro atoms. The number of phenols is 1. The van der Waals surface area contributed by atoms with Gasteiger partial charge in [-0.2, -0.15) is 0 Å². The van der Waals surface area contributed by atoms with Gasteiger partial charge in [0, 0.05) is 19.6 Å². The number of rotatable bonds is 5. The third-order valence-electron chi connectivity index (χ3n) is 3.98. The number of phenolic OH excluding ortho intramolecular Hbond substituents is 1. The van der Waals surface area contributed by atoms with Crippen molar-refractivity contribution in [1.82, 2.24) is 10.2 Å². The van der Waals surface area contributed by atoms with Crippen LogP contribution in [-0.4, -0.2) is 41.6 Å². The van der Waals surface area contributed by atoms with Crippen LogP contribution in [0.5, 0.6) is 5.75 Å². The summed E-state index contributed by atoms with van der Waals surface area (Å²) in [5, 5.41) is 12.1. The van der Waals surface area contributed by atoms with Crippen molar-refractivity contribution in [3.63, 3.8) is 0 Å². The predicted molar refractivity (Wildman–Crippen MR) is 83.3 cm³/mol. The second kappa shape index (κ2) is 7.68. The minimum atomic E-state index is -0.454. The lowest BCUT2D eigenvalue weighted by atomic mass is 9.97. The first-order valence-electron chi connectivity index (χ1n) is 7.66. The van der Waals surface area contributed by atoms with Crippen LogP contribution < -0.4 is 11.1 Å². The smallest absolute Gasteiger partial charge is 0.314 e. The van der Waals surface area contributed by atoms with Gasteiger partial charge in [-0.15, -0.1) is 0 Å². The molecule has 1 aliphatic heterocycles. The lowest BCUT2D eigenvalue weighted by Gasteiger charge is -2.30. The van der Waals surface area contributed by atoms with Crippen LogP contribution >= 0.6 is 0 Å². The van der Waals surface area contributed by atoms with Gasteiger partial charge in [0.15, 0.2) is 0 Å². The maximum absolute atomic E-state index is 12.1. The summed E-state index contributed by atoms with van der Waals surface area (Å²) in [6.07, 6.45) is 3.30. The normalized spacial score (nSPS) is 18.0. The Hall–Kier alpha value is -2.24. The average molecular weight is 305 g/mol. The van der Waals surface area contributed by atoms with Gasteiger partial charge in [0.1, 0.15) is 5.75 Å². The molecule has 1 saturated heterocycles. The van der Waals surface area contributed by atoms with Crippen molar-refractivity contribution in [2.45, 2.75) is 25.7 Å². The Labute approximate surface area is 130 Å². The van der Waals surface area contributed by atoms with Crippen LogP contribution in [0.2, 0.25) is 0 Å². The van der Waals surface area contributed by atoms with Crippen LogP contribution in [-0.2, 0) is 11.2 Å². The molecule has 1 aliphatic rings. The SMILES string of the molecule is NC(=O)N1CCCC(C(=O)NCCCc2ccc(O)cc2)C1. The van der Waals surface area contributed by atoms with E-state index < -0.39 is 6.03 Å². The Balaban J connectivity index is 1.69. The zero-order valence-corrected chi connectivity index (χ0v) is 12.6. The van der Waals surface area contributed by atoms with Crippen molar-refractivity contribution in [2.75, 3.05) is 19.6 Å². The molecule has 0 saturated carbocycles. The molecule has 1 fully saturated rings. The molecule has 6 heteroatoms. The number of benzene rings is 1. The summed E-state index contributed by atoms with van der Waals surface area (Å²) in [7, 11) is 0. The number of aryl methyl sites for hydroxylation is 1. The zero-order chi connectivity index (χ0) is 15.9. The minimum absolute atomic E-state index is 0.00310. The molecule has 1 aromatic rings. The number of nitrogens with one attached hydrogen (secondary N) is 1. The molecule has 120 valence electrons. The number of piperidine rings is 1. The van der Waals surface area contributed by atoms with E-state index in [1.807, 2.05) is 12.1 Å². The van der Waals surface area contributed by atoms with Gasteiger partial charge >= 0.3 is 6.03 Å². The number of nitrogens with zero attached hydrogens (tertiary/aromatic N) is 1. The highest BCUT2D eigenvalue weighted by Gasteiger charge is 2.26. The Morgan fingerprint density at radius 1 is 1.32 bits per heavy atom. The van der Waals surface area contributed by atoms with Gasteiger partial charge in [0.2, 0.25) is 5.91 Å². The molecular weight excluding hydrogens is 282 g/mol. The number of carbonyl (C=O) groups is 2. The van der Waals surface area contributed by atoms with E-state index in [0.717, 1.165) is 31.2 Å². The lowest BCUT2D eigenvalue weighted by Crippen LogP contribution is -2.47. The lowest BCUT2D eigenvalue weighted by molar-refractivity contribution is -0.126. The van der Waals surface area contributed by atoms with Crippen LogP contribution in [0, 0.1) is 5.92 Å². The number of urea groups is 1. The maximum atomic E-state index is 12.1. The third kappa shape index (κ3) is 4.65. The van der Waals surface area contributed by atoms with E-state index in [4.69, 9.17) is 5.73 Å². The number of nitrogens with two attached hydrogens (primary N) is 1. The van der Waals surface area contributed by atoms with Gasteiger partial charge in [0.05, 0.1) is 5.92 Å². The largest absolute Gasteiger partial charge is 0.508 e. The van der Waals surface area contributed by atoms with Crippen molar-refractivity contribution >= 4 is 11.9 Å². The van der Waals surface area contributed by atoms with Crippen LogP contribution in [0.15, 0.2) is 24.3 Å². The first-order valence-corrected chi connectivity index (χ1v) is 7.66. The molecule has 0 aromatic heterocycles. The van der Waals surface area contributed by atoms with E-state index in [-0.39, 0.29) is 17.6 Å². The van der Waals surface area contributed by atoms with Gasteiger partial charge in [0.25, 0.3) is 0 Å². The van der Waals surface area contributed by atoms with E-state index in [9.17, 15) is 14.7 Å².